The van der Waals surface area contributed by atoms with Crippen LogP contribution in [0.2, 0.25) is 5.02 Å². The molecule has 0 atom stereocenters. The fourth-order valence-electron chi connectivity index (χ4n) is 1.98. The number of rotatable bonds is 5. The Morgan fingerprint density at radius 2 is 1.81 bits per heavy atom. The second-order valence-electron chi connectivity index (χ2n) is 4.92. The average molecular weight is 328 g/mol. The van der Waals surface area contributed by atoms with Crippen LogP contribution in [0.25, 0.3) is 0 Å². The largest absolute Gasteiger partial charge is 0.267 e. The summed E-state index contributed by atoms with van der Waals surface area (Å²) in [5.74, 6) is 0. The number of nitrogens with zero attached hydrogens (tertiary/aromatic N) is 2. The Labute approximate surface area is 130 Å². The number of sulfonamides is 1. The molecule has 1 heterocycles. The molecule has 0 aliphatic carbocycles. The Morgan fingerprint density at radius 3 is 2.33 bits per heavy atom. The summed E-state index contributed by atoms with van der Waals surface area (Å²) >= 11 is 6.06. The van der Waals surface area contributed by atoms with Crippen LogP contribution in [0.1, 0.15) is 17.0 Å². The predicted molar refractivity (Wildman–Crippen MR) is 83.1 cm³/mol. The van der Waals surface area contributed by atoms with Crippen molar-refractivity contribution in [3.05, 3.63) is 46.2 Å². The third-order valence-corrected chi connectivity index (χ3v) is 5.26. The van der Waals surface area contributed by atoms with Crippen molar-refractivity contribution >= 4 is 21.6 Å². The van der Waals surface area contributed by atoms with Gasteiger partial charge in [-0.25, -0.2) is 13.1 Å². The fraction of sp³-hybridized carbons (Fsp3) is 0.357. The quantitative estimate of drug-likeness (QED) is 0.917. The highest BCUT2D eigenvalue weighted by molar-refractivity contribution is 7.89. The number of aryl methyl sites for hydroxylation is 2. The van der Waals surface area contributed by atoms with Crippen molar-refractivity contribution in [2.45, 2.75) is 32.2 Å². The van der Waals surface area contributed by atoms with Gasteiger partial charge in [-0.15, -0.1) is 0 Å². The van der Waals surface area contributed by atoms with Gasteiger partial charge in [0.25, 0.3) is 0 Å². The molecule has 0 bridgehead atoms. The van der Waals surface area contributed by atoms with E-state index >= 15 is 0 Å². The third kappa shape index (κ3) is 3.64. The van der Waals surface area contributed by atoms with E-state index in [-0.39, 0.29) is 11.4 Å². The van der Waals surface area contributed by atoms with Crippen molar-refractivity contribution < 1.29 is 8.42 Å². The average Bonchev–Trinajstić information content (AvgIpc) is 2.67. The molecule has 0 saturated heterocycles. The van der Waals surface area contributed by atoms with Crippen LogP contribution in [-0.2, 0) is 16.6 Å². The van der Waals surface area contributed by atoms with E-state index in [4.69, 9.17) is 11.6 Å². The van der Waals surface area contributed by atoms with Crippen LogP contribution in [0.15, 0.2) is 29.2 Å². The molecule has 1 aromatic heterocycles. The second-order valence-corrected chi connectivity index (χ2v) is 7.06. The number of benzene rings is 1. The molecule has 5 nitrogen and oxygen atoms in total. The van der Waals surface area contributed by atoms with E-state index < -0.39 is 10.0 Å². The summed E-state index contributed by atoms with van der Waals surface area (Å²) in [6, 6.07) is 6.74. The number of halogens is 1. The van der Waals surface area contributed by atoms with Crippen molar-refractivity contribution in [1.29, 1.82) is 0 Å². The highest BCUT2D eigenvalue weighted by atomic mass is 35.5. The molecular weight excluding hydrogens is 310 g/mol. The van der Waals surface area contributed by atoms with E-state index in [0.717, 1.165) is 17.0 Å². The lowest BCUT2D eigenvalue weighted by Gasteiger charge is -2.08. The van der Waals surface area contributed by atoms with Crippen molar-refractivity contribution in [2.24, 2.45) is 0 Å². The fourth-order valence-corrected chi connectivity index (χ4v) is 3.14. The van der Waals surface area contributed by atoms with E-state index in [1.807, 2.05) is 20.8 Å². The van der Waals surface area contributed by atoms with Crippen LogP contribution in [-0.4, -0.2) is 24.7 Å². The van der Waals surface area contributed by atoms with Gasteiger partial charge in [0.15, 0.2) is 0 Å². The first-order valence-electron chi connectivity index (χ1n) is 6.57. The van der Waals surface area contributed by atoms with E-state index in [2.05, 4.69) is 9.82 Å². The molecule has 1 N–H and O–H groups in total. The third-order valence-electron chi connectivity index (χ3n) is 3.24. The molecule has 0 fully saturated rings. The molecule has 0 aliphatic heterocycles. The first-order chi connectivity index (χ1) is 9.81. The zero-order valence-electron chi connectivity index (χ0n) is 12.2. The van der Waals surface area contributed by atoms with Crippen LogP contribution in [0.3, 0.4) is 0 Å². The Morgan fingerprint density at radius 1 is 1.19 bits per heavy atom. The van der Waals surface area contributed by atoms with Gasteiger partial charge in [0, 0.05) is 6.54 Å². The summed E-state index contributed by atoms with van der Waals surface area (Å²) in [6.45, 7) is 6.29. The summed E-state index contributed by atoms with van der Waals surface area (Å²) in [5, 5.41) is 4.89. The van der Waals surface area contributed by atoms with E-state index in [0.29, 0.717) is 11.6 Å². The molecule has 0 aliphatic rings. The lowest BCUT2D eigenvalue weighted by molar-refractivity contribution is 0.554. The molecule has 0 saturated carbocycles. The Kier molecular flexibility index (Phi) is 4.70. The molecule has 2 rings (SSSR count). The second kappa shape index (κ2) is 6.17. The monoisotopic (exact) mass is 327 g/mol. The molecule has 21 heavy (non-hydrogen) atoms. The zero-order valence-corrected chi connectivity index (χ0v) is 13.8. The lowest BCUT2D eigenvalue weighted by Crippen LogP contribution is -2.28. The Balaban J connectivity index is 2.02. The normalized spacial score (nSPS) is 11.8. The standard InChI is InChI=1S/C14H18ClN3O2S/c1-10-4-6-13(7-5-10)21(19,20)16-8-9-18-12(3)14(15)11(2)17-18/h4-7,16H,8-9H2,1-3H3. The van der Waals surface area contributed by atoms with Gasteiger partial charge in [-0.2, -0.15) is 5.10 Å². The first-order valence-corrected chi connectivity index (χ1v) is 8.43. The minimum absolute atomic E-state index is 0.258. The molecular formula is C14H18ClN3O2S. The molecule has 114 valence electrons. The zero-order chi connectivity index (χ0) is 15.6. The van der Waals surface area contributed by atoms with Crippen molar-refractivity contribution in [3.8, 4) is 0 Å². The lowest BCUT2D eigenvalue weighted by atomic mass is 10.2. The minimum Gasteiger partial charge on any atom is -0.267 e. The summed E-state index contributed by atoms with van der Waals surface area (Å²) in [4.78, 5) is 0.263. The van der Waals surface area contributed by atoms with Gasteiger partial charge in [-0.05, 0) is 32.9 Å². The maximum absolute atomic E-state index is 12.1. The molecule has 0 radical (unpaired) electrons. The first kappa shape index (κ1) is 16.0. The van der Waals surface area contributed by atoms with E-state index in [1.54, 1.807) is 28.9 Å². The minimum atomic E-state index is -3.49. The van der Waals surface area contributed by atoms with Gasteiger partial charge in [0.2, 0.25) is 10.0 Å². The smallest absolute Gasteiger partial charge is 0.240 e. The summed E-state index contributed by atoms with van der Waals surface area (Å²) < 4.78 is 28.5. The number of hydrogen-bond donors (Lipinski definition) is 1. The van der Waals surface area contributed by atoms with Crippen LogP contribution in [0, 0.1) is 20.8 Å². The molecule has 2 aromatic rings. The predicted octanol–water partition coefficient (Wildman–Crippen LogP) is 2.44. The number of nitrogens with one attached hydrogen (secondary N) is 1. The van der Waals surface area contributed by atoms with Gasteiger partial charge in [-0.3, -0.25) is 4.68 Å². The number of hydrogen-bond acceptors (Lipinski definition) is 3. The maximum atomic E-state index is 12.1. The van der Waals surface area contributed by atoms with Crippen molar-refractivity contribution in [1.82, 2.24) is 14.5 Å². The summed E-state index contributed by atoms with van der Waals surface area (Å²) in [6.07, 6.45) is 0. The maximum Gasteiger partial charge on any atom is 0.240 e. The molecule has 0 spiro atoms. The van der Waals surface area contributed by atoms with Crippen LogP contribution >= 0.6 is 11.6 Å². The highest BCUT2D eigenvalue weighted by Gasteiger charge is 2.14. The van der Waals surface area contributed by atoms with Crippen molar-refractivity contribution in [2.75, 3.05) is 6.54 Å². The summed E-state index contributed by atoms with van der Waals surface area (Å²) in [5.41, 5.74) is 2.60. The van der Waals surface area contributed by atoms with Crippen LogP contribution in [0.4, 0.5) is 0 Å². The van der Waals surface area contributed by atoms with Gasteiger partial charge in [0.05, 0.1) is 27.9 Å². The van der Waals surface area contributed by atoms with E-state index in [1.165, 1.54) is 0 Å². The Bertz CT molecular complexity index is 736. The van der Waals surface area contributed by atoms with E-state index in [9.17, 15) is 8.42 Å². The molecule has 7 heteroatoms. The summed E-state index contributed by atoms with van der Waals surface area (Å²) in [7, 11) is -3.49. The van der Waals surface area contributed by atoms with Crippen molar-refractivity contribution in [3.63, 3.8) is 0 Å². The van der Waals surface area contributed by atoms with Gasteiger partial charge < -0.3 is 0 Å². The van der Waals surface area contributed by atoms with Crippen LogP contribution in [0.5, 0.6) is 0 Å². The molecule has 1 aromatic carbocycles. The van der Waals surface area contributed by atoms with Gasteiger partial charge in [0.1, 0.15) is 0 Å². The van der Waals surface area contributed by atoms with Gasteiger partial charge in [-0.1, -0.05) is 29.3 Å². The topological polar surface area (TPSA) is 64.0 Å². The number of aromatic nitrogens is 2. The van der Waals surface area contributed by atoms with Crippen LogP contribution < -0.4 is 4.72 Å². The van der Waals surface area contributed by atoms with Gasteiger partial charge >= 0.3 is 0 Å². The SMILES string of the molecule is Cc1ccc(S(=O)(=O)NCCn2nc(C)c(Cl)c2C)cc1. The highest BCUT2D eigenvalue weighted by Crippen LogP contribution is 2.18. The Hall–Kier alpha value is -1.37. The molecule has 0 unspecified atom stereocenters. The molecule has 0 amide bonds.